The molecule has 1 aromatic heterocycles. The predicted molar refractivity (Wildman–Crippen MR) is 95.4 cm³/mol. The summed E-state index contributed by atoms with van der Waals surface area (Å²) in [6, 6.07) is 9.53. The van der Waals surface area contributed by atoms with Gasteiger partial charge in [0.05, 0.1) is 5.56 Å². The Bertz CT molecular complexity index is 662. The van der Waals surface area contributed by atoms with Gasteiger partial charge in [-0.2, -0.15) is 0 Å². The van der Waals surface area contributed by atoms with Crippen LogP contribution in [0.3, 0.4) is 0 Å². The first-order chi connectivity index (χ1) is 11.2. The van der Waals surface area contributed by atoms with Crippen LogP contribution in [0.5, 0.6) is 0 Å². The summed E-state index contributed by atoms with van der Waals surface area (Å²) in [4.78, 5) is 11.2. The Morgan fingerprint density at radius 2 is 1.83 bits per heavy atom. The summed E-state index contributed by atoms with van der Waals surface area (Å²) >= 11 is 7.89. The van der Waals surface area contributed by atoms with Crippen molar-refractivity contribution < 1.29 is 5.11 Å². The lowest BCUT2D eigenvalue weighted by Gasteiger charge is -2.31. The average molecular weight is 350 g/mol. The summed E-state index contributed by atoms with van der Waals surface area (Å²) in [6.07, 6.45) is 4.62. The van der Waals surface area contributed by atoms with Crippen molar-refractivity contribution in [2.75, 3.05) is 24.2 Å². The highest BCUT2D eigenvalue weighted by Crippen LogP contribution is 2.36. The maximum atomic E-state index is 10.8. The van der Waals surface area contributed by atoms with Crippen LogP contribution < -0.4 is 4.90 Å². The molecule has 1 N–H and O–H groups in total. The van der Waals surface area contributed by atoms with Gasteiger partial charge in [-0.1, -0.05) is 53.7 Å². The molecule has 0 aliphatic carbocycles. The lowest BCUT2D eigenvalue weighted by atomic mass is 10.0. The Hall–Kier alpha value is -1.30. The monoisotopic (exact) mass is 349 g/mol. The number of hydrogen-bond acceptors (Lipinski definition) is 5. The number of piperidine rings is 1. The topological polar surface area (TPSA) is 49.3 Å². The van der Waals surface area contributed by atoms with Crippen LogP contribution in [0.25, 0.3) is 0 Å². The summed E-state index contributed by atoms with van der Waals surface area (Å²) in [5.74, 6) is 0.769. The van der Waals surface area contributed by atoms with Crippen LogP contribution in [0.4, 0.5) is 5.82 Å². The van der Waals surface area contributed by atoms with E-state index in [-0.39, 0.29) is 0 Å². The van der Waals surface area contributed by atoms with Gasteiger partial charge in [0.25, 0.3) is 0 Å². The third-order valence-corrected chi connectivity index (χ3v) is 4.92. The van der Waals surface area contributed by atoms with Crippen molar-refractivity contribution in [1.82, 2.24) is 9.97 Å². The molecule has 4 nitrogen and oxygen atoms in total. The van der Waals surface area contributed by atoms with E-state index in [0.29, 0.717) is 15.9 Å². The number of hydrogen-bond donors (Lipinski definition) is 1. The van der Waals surface area contributed by atoms with Crippen molar-refractivity contribution >= 4 is 29.2 Å². The zero-order chi connectivity index (χ0) is 16.2. The van der Waals surface area contributed by atoms with Crippen LogP contribution in [0.2, 0.25) is 5.15 Å². The number of benzene rings is 1. The van der Waals surface area contributed by atoms with E-state index in [1.54, 1.807) is 0 Å². The number of aromatic nitrogens is 2. The fourth-order valence-electron chi connectivity index (χ4n) is 2.89. The Labute approximate surface area is 145 Å². The molecule has 23 heavy (non-hydrogen) atoms. The van der Waals surface area contributed by atoms with Crippen LogP contribution in [0, 0.1) is 0 Å². The average Bonchev–Trinajstić information content (AvgIpc) is 2.62. The smallest absolute Gasteiger partial charge is 0.190 e. The number of nitrogens with zero attached hydrogens (tertiary/aromatic N) is 3. The molecular weight excluding hydrogens is 330 g/mol. The van der Waals surface area contributed by atoms with Gasteiger partial charge < -0.3 is 10.0 Å². The second-order valence-corrected chi connectivity index (χ2v) is 6.73. The number of anilines is 1. The zero-order valence-electron chi connectivity index (χ0n) is 13.1. The molecule has 0 amide bonds. The summed E-state index contributed by atoms with van der Waals surface area (Å²) in [6.45, 7) is 1.88. The Morgan fingerprint density at radius 1 is 1.13 bits per heavy atom. The Balaban J connectivity index is 2.06. The van der Waals surface area contributed by atoms with E-state index >= 15 is 0 Å². The van der Waals surface area contributed by atoms with E-state index in [1.165, 1.54) is 18.2 Å². The lowest BCUT2D eigenvalue weighted by molar-refractivity contribution is 0.219. The number of aliphatic hydroxyl groups excluding tert-OH is 1. The van der Waals surface area contributed by atoms with Gasteiger partial charge in [-0.05, 0) is 31.1 Å². The molecule has 122 valence electrons. The molecule has 3 rings (SSSR count). The van der Waals surface area contributed by atoms with Gasteiger partial charge >= 0.3 is 0 Å². The number of rotatable bonds is 4. The quantitative estimate of drug-likeness (QED) is 0.515. The first kappa shape index (κ1) is 16.6. The van der Waals surface area contributed by atoms with Crippen LogP contribution in [0.15, 0.2) is 35.5 Å². The van der Waals surface area contributed by atoms with Gasteiger partial charge in [-0.25, -0.2) is 9.97 Å². The van der Waals surface area contributed by atoms with Crippen LogP contribution in [0.1, 0.15) is 36.5 Å². The summed E-state index contributed by atoms with van der Waals surface area (Å²) in [5.41, 5.74) is 1.41. The van der Waals surface area contributed by atoms with E-state index in [4.69, 9.17) is 11.6 Å². The largest absolute Gasteiger partial charge is 0.383 e. The molecular formula is C17H20ClN3OS. The van der Waals surface area contributed by atoms with E-state index < -0.39 is 6.10 Å². The zero-order valence-corrected chi connectivity index (χ0v) is 14.6. The molecule has 0 saturated carbocycles. The van der Waals surface area contributed by atoms with Crippen LogP contribution in [-0.2, 0) is 0 Å². The fraction of sp³-hybridized carbons (Fsp3) is 0.412. The molecule has 1 aliphatic heterocycles. The van der Waals surface area contributed by atoms with Gasteiger partial charge in [0.1, 0.15) is 17.1 Å². The van der Waals surface area contributed by atoms with Crippen molar-refractivity contribution in [1.29, 1.82) is 0 Å². The van der Waals surface area contributed by atoms with Gasteiger partial charge in [-0.15, -0.1) is 0 Å². The third kappa shape index (κ3) is 3.62. The highest BCUT2D eigenvalue weighted by atomic mass is 35.5. The van der Waals surface area contributed by atoms with Crippen LogP contribution >= 0.6 is 23.4 Å². The predicted octanol–water partition coefficient (Wildman–Crippen LogP) is 3.92. The minimum atomic E-state index is -0.823. The van der Waals surface area contributed by atoms with Crippen molar-refractivity contribution in [3.8, 4) is 0 Å². The Kier molecular flexibility index (Phi) is 5.41. The number of thioether (sulfide) groups is 1. The normalized spacial score (nSPS) is 16.4. The molecule has 2 heterocycles. The summed E-state index contributed by atoms with van der Waals surface area (Å²) < 4.78 is 0. The van der Waals surface area contributed by atoms with E-state index in [2.05, 4.69) is 14.9 Å². The minimum Gasteiger partial charge on any atom is -0.383 e. The van der Waals surface area contributed by atoms with E-state index in [1.807, 2.05) is 36.6 Å². The van der Waals surface area contributed by atoms with Crippen molar-refractivity contribution in [2.45, 2.75) is 30.5 Å². The van der Waals surface area contributed by atoms with Crippen LogP contribution in [-0.4, -0.2) is 34.4 Å². The molecule has 1 fully saturated rings. The molecule has 1 unspecified atom stereocenters. The summed E-state index contributed by atoms with van der Waals surface area (Å²) in [5, 5.41) is 11.8. The van der Waals surface area contributed by atoms with E-state index in [9.17, 15) is 5.11 Å². The molecule has 1 aliphatic rings. The van der Waals surface area contributed by atoms with Crippen molar-refractivity contribution in [2.24, 2.45) is 0 Å². The first-order valence-electron chi connectivity index (χ1n) is 7.80. The van der Waals surface area contributed by atoms with Crippen molar-refractivity contribution in [3.63, 3.8) is 0 Å². The lowest BCUT2D eigenvalue weighted by Crippen LogP contribution is -2.32. The molecule has 1 aromatic carbocycles. The van der Waals surface area contributed by atoms with E-state index in [0.717, 1.165) is 37.3 Å². The molecule has 0 bridgehead atoms. The standard InChI is InChI=1S/C17H20ClN3OS/c1-23-17-19-15(18)13(14(22)12-8-4-2-5-9-12)16(20-17)21-10-6-3-7-11-21/h2,4-5,8-9,14,22H,3,6-7,10-11H2,1H3. The molecule has 6 heteroatoms. The molecule has 1 atom stereocenters. The Morgan fingerprint density at radius 3 is 2.48 bits per heavy atom. The second kappa shape index (κ2) is 7.51. The second-order valence-electron chi connectivity index (χ2n) is 5.60. The highest BCUT2D eigenvalue weighted by Gasteiger charge is 2.26. The molecule has 0 spiro atoms. The minimum absolute atomic E-state index is 0.335. The fourth-order valence-corrected chi connectivity index (χ4v) is 3.57. The number of aliphatic hydroxyl groups is 1. The van der Waals surface area contributed by atoms with Gasteiger partial charge in [0.15, 0.2) is 5.16 Å². The highest BCUT2D eigenvalue weighted by molar-refractivity contribution is 7.98. The van der Waals surface area contributed by atoms with Crippen molar-refractivity contribution in [3.05, 3.63) is 46.6 Å². The molecule has 2 aromatic rings. The van der Waals surface area contributed by atoms with Gasteiger partial charge in [0, 0.05) is 13.1 Å². The maximum Gasteiger partial charge on any atom is 0.190 e. The third-order valence-electron chi connectivity index (χ3n) is 4.09. The SMILES string of the molecule is CSc1nc(Cl)c(C(O)c2ccccc2)c(N2CCCCC2)n1. The van der Waals surface area contributed by atoms with Gasteiger partial charge in [-0.3, -0.25) is 0 Å². The first-order valence-corrected chi connectivity index (χ1v) is 9.40. The summed E-state index contributed by atoms with van der Waals surface area (Å²) in [7, 11) is 0. The maximum absolute atomic E-state index is 10.8. The molecule has 0 radical (unpaired) electrons. The number of halogens is 1. The van der Waals surface area contributed by atoms with Gasteiger partial charge in [0.2, 0.25) is 0 Å². The molecule has 1 saturated heterocycles.